The van der Waals surface area contributed by atoms with Gasteiger partial charge in [-0.2, -0.15) is 5.10 Å². The molecule has 0 fully saturated rings. The van der Waals surface area contributed by atoms with Crippen molar-refractivity contribution >= 4 is 28.3 Å². The van der Waals surface area contributed by atoms with E-state index in [1.807, 2.05) is 6.92 Å². The lowest BCUT2D eigenvalue weighted by molar-refractivity contribution is -0.120. The molecule has 0 aliphatic rings. The predicted octanol–water partition coefficient (Wildman–Crippen LogP) is 0.900. The van der Waals surface area contributed by atoms with E-state index < -0.39 is 0 Å². The van der Waals surface area contributed by atoms with Crippen molar-refractivity contribution in [2.45, 2.75) is 19.9 Å². The van der Waals surface area contributed by atoms with Crippen LogP contribution in [0.4, 0.5) is 5.13 Å². The summed E-state index contributed by atoms with van der Waals surface area (Å²) in [5, 5.41) is 11.5. The summed E-state index contributed by atoms with van der Waals surface area (Å²) >= 11 is 1.28. The van der Waals surface area contributed by atoms with Gasteiger partial charge in [-0.3, -0.25) is 19.6 Å². The first-order valence-electron chi connectivity index (χ1n) is 6.12. The summed E-state index contributed by atoms with van der Waals surface area (Å²) in [5.41, 5.74) is 0.971. The van der Waals surface area contributed by atoms with Crippen LogP contribution in [0.2, 0.25) is 0 Å². The minimum absolute atomic E-state index is 0.116. The van der Waals surface area contributed by atoms with Crippen molar-refractivity contribution in [1.29, 1.82) is 0 Å². The standard InChI is InChI=1S/C12H15N5O2S/c1-3-17-5-4-9(16-17)11(19)15-12-14-8(7-20-12)6-10(18)13-2/h4-5,7H,3,6H2,1-2H3,(H,13,18)(H,14,15,19). The number of nitrogens with one attached hydrogen (secondary N) is 2. The zero-order valence-corrected chi connectivity index (χ0v) is 12.0. The summed E-state index contributed by atoms with van der Waals surface area (Å²) in [6.45, 7) is 2.65. The van der Waals surface area contributed by atoms with Crippen molar-refractivity contribution in [3.8, 4) is 0 Å². The number of carbonyl (C=O) groups excluding carboxylic acids is 2. The van der Waals surface area contributed by atoms with Gasteiger partial charge in [-0.25, -0.2) is 4.98 Å². The number of rotatable bonds is 5. The van der Waals surface area contributed by atoms with E-state index in [0.29, 0.717) is 23.1 Å². The fraction of sp³-hybridized carbons (Fsp3) is 0.333. The lowest BCUT2D eigenvalue weighted by Gasteiger charge is -1.98. The smallest absolute Gasteiger partial charge is 0.277 e. The molecule has 20 heavy (non-hydrogen) atoms. The molecule has 2 amide bonds. The van der Waals surface area contributed by atoms with Gasteiger partial charge in [-0.1, -0.05) is 0 Å². The molecule has 0 saturated carbocycles. The molecule has 106 valence electrons. The van der Waals surface area contributed by atoms with Crippen LogP contribution in [0.5, 0.6) is 0 Å². The summed E-state index contributed by atoms with van der Waals surface area (Å²) in [7, 11) is 1.57. The summed E-state index contributed by atoms with van der Waals surface area (Å²) in [4.78, 5) is 27.3. The zero-order chi connectivity index (χ0) is 14.5. The molecule has 2 aromatic heterocycles. The summed E-state index contributed by atoms with van der Waals surface area (Å²) < 4.78 is 1.67. The zero-order valence-electron chi connectivity index (χ0n) is 11.2. The number of carbonyl (C=O) groups is 2. The molecule has 2 N–H and O–H groups in total. The van der Waals surface area contributed by atoms with Gasteiger partial charge in [0.1, 0.15) is 0 Å². The summed E-state index contributed by atoms with van der Waals surface area (Å²) in [6.07, 6.45) is 1.95. The molecule has 8 heteroatoms. The maximum absolute atomic E-state index is 11.9. The number of amides is 2. The molecule has 0 saturated heterocycles. The second kappa shape index (κ2) is 6.29. The number of thiazole rings is 1. The molecule has 0 aliphatic heterocycles. The van der Waals surface area contributed by atoms with Crippen LogP contribution in [0.15, 0.2) is 17.6 Å². The molecule has 7 nitrogen and oxygen atoms in total. The maximum Gasteiger partial charge on any atom is 0.277 e. The molecule has 2 heterocycles. The molecule has 2 aromatic rings. The Morgan fingerprint density at radius 1 is 1.45 bits per heavy atom. The van der Waals surface area contributed by atoms with Gasteiger partial charge in [-0.15, -0.1) is 11.3 Å². The Hall–Kier alpha value is -2.22. The number of aromatic nitrogens is 3. The first-order valence-corrected chi connectivity index (χ1v) is 7.00. The van der Waals surface area contributed by atoms with Gasteiger partial charge < -0.3 is 5.32 Å². The number of aryl methyl sites for hydroxylation is 1. The van der Waals surface area contributed by atoms with E-state index in [2.05, 4.69) is 20.7 Å². The Morgan fingerprint density at radius 3 is 2.90 bits per heavy atom. The second-order valence-corrected chi connectivity index (χ2v) is 4.86. The van der Waals surface area contributed by atoms with E-state index in [1.165, 1.54) is 11.3 Å². The fourth-order valence-corrected chi connectivity index (χ4v) is 2.22. The van der Waals surface area contributed by atoms with Gasteiger partial charge >= 0.3 is 0 Å². The molecule has 2 rings (SSSR count). The number of hydrogen-bond acceptors (Lipinski definition) is 5. The second-order valence-electron chi connectivity index (χ2n) is 4.00. The molecular formula is C12H15N5O2S. The number of hydrogen-bond donors (Lipinski definition) is 2. The summed E-state index contributed by atoms with van der Waals surface area (Å²) in [5.74, 6) is -0.423. The van der Waals surface area contributed by atoms with E-state index in [4.69, 9.17) is 0 Å². The Labute approximate surface area is 120 Å². The van der Waals surface area contributed by atoms with Gasteiger partial charge in [-0.05, 0) is 13.0 Å². The van der Waals surface area contributed by atoms with Crippen LogP contribution in [0.1, 0.15) is 23.1 Å². The third kappa shape index (κ3) is 3.41. The van der Waals surface area contributed by atoms with Crippen molar-refractivity contribution < 1.29 is 9.59 Å². The number of anilines is 1. The molecule has 0 radical (unpaired) electrons. The molecule has 0 bridgehead atoms. The molecule has 0 spiro atoms. The summed E-state index contributed by atoms with van der Waals surface area (Å²) in [6, 6.07) is 1.65. The minimum Gasteiger partial charge on any atom is -0.359 e. The van der Waals surface area contributed by atoms with Gasteiger partial charge in [0.05, 0.1) is 12.1 Å². The van der Waals surface area contributed by atoms with Gasteiger partial charge in [0.2, 0.25) is 5.91 Å². The van der Waals surface area contributed by atoms with Gasteiger partial charge in [0, 0.05) is 25.2 Å². The Morgan fingerprint density at radius 2 is 2.25 bits per heavy atom. The third-order valence-electron chi connectivity index (χ3n) is 2.59. The molecule has 0 unspecified atom stereocenters. The lowest BCUT2D eigenvalue weighted by atomic mass is 10.3. The number of nitrogens with zero attached hydrogens (tertiary/aromatic N) is 3. The van der Waals surface area contributed by atoms with Crippen LogP contribution in [-0.4, -0.2) is 33.6 Å². The van der Waals surface area contributed by atoms with Crippen LogP contribution < -0.4 is 10.6 Å². The highest BCUT2D eigenvalue weighted by atomic mass is 32.1. The fourth-order valence-electron chi connectivity index (χ4n) is 1.52. The van der Waals surface area contributed by atoms with E-state index in [1.54, 1.807) is 29.4 Å². The predicted molar refractivity (Wildman–Crippen MR) is 75.7 cm³/mol. The minimum atomic E-state index is -0.307. The highest BCUT2D eigenvalue weighted by Gasteiger charge is 2.12. The first kappa shape index (κ1) is 14.2. The maximum atomic E-state index is 11.9. The van der Waals surface area contributed by atoms with Gasteiger partial charge in [0.15, 0.2) is 10.8 Å². The van der Waals surface area contributed by atoms with Crippen LogP contribution in [0.25, 0.3) is 0 Å². The first-order chi connectivity index (χ1) is 9.62. The van der Waals surface area contributed by atoms with E-state index in [-0.39, 0.29) is 18.2 Å². The van der Waals surface area contributed by atoms with Crippen molar-refractivity contribution in [1.82, 2.24) is 20.1 Å². The average Bonchev–Trinajstić information content (AvgIpc) is 3.07. The van der Waals surface area contributed by atoms with E-state index in [0.717, 1.165) is 0 Å². The highest BCUT2D eigenvalue weighted by Crippen LogP contribution is 2.16. The van der Waals surface area contributed by atoms with Crippen molar-refractivity contribution in [3.63, 3.8) is 0 Å². The van der Waals surface area contributed by atoms with Crippen LogP contribution in [0.3, 0.4) is 0 Å². The van der Waals surface area contributed by atoms with E-state index >= 15 is 0 Å². The highest BCUT2D eigenvalue weighted by molar-refractivity contribution is 7.14. The SMILES string of the molecule is CCn1ccc(C(=O)Nc2nc(CC(=O)NC)cs2)n1. The average molecular weight is 293 g/mol. The molecular weight excluding hydrogens is 278 g/mol. The lowest BCUT2D eigenvalue weighted by Crippen LogP contribution is -2.20. The van der Waals surface area contributed by atoms with Crippen LogP contribution in [0, 0.1) is 0 Å². The molecule has 0 aliphatic carbocycles. The Kier molecular flexibility index (Phi) is 4.46. The normalized spacial score (nSPS) is 10.3. The Balaban J connectivity index is 1.99. The number of likely N-dealkylation sites (N-methyl/N-ethyl adjacent to an activating group) is 1. The van der Waals surface area contributed by atoms with Gasteiger partial charge in [0.25, 0.3) is 5.91 Å². The quantitative estimate of drug-likeness (QED) is 0.857. The van der Waals surface area contributed by atoms with Crippen molar-refractivity contribution in [2.24, 2.45) is 0 Å². The topological polar surface area (TPSA) is 88.9 Å². The largest absolute Gasteiger partial charge is 0.359 e. The third-order valence-corrected chi connectivity index (χ3v) is 3.40. The van der Waals surface area contributed by atoms with Crippen molar-refractivity contribution in [3.05, 3.63) is 29.0 Å². The van der Waals surface area contributed by atoms with Crippen LogP contribution in [-0.2, 0) is 17.8 Å². The molecule has 0 aromatic carbocycles. The van der Waals surface area contributed by atoms with E-state index in [9.17, 15) is 9.59 Å². The van der Waals surface area contributed by atoms with Crippen molar-refractivity contribution in [2.75, 3.05) is 12.4 Å². The van der Waals surface area contributed by atoms with Crippen LogP contribution >= 0.6 is 11.3 Å². The monoisotopic (exact) mass is 293 g/mol. The molecule has 0 atom stereocenters. The Bertz CT molecular complexity index is 619.